The summed E-state index contributed by atoms with van der Waals surface area (Å²) in [6, 6.07) is 13.9. The molecule has 0 aromatic heterocycles. The van der Waals surface area contributed by atoms with Crippen LogP contribution < -0.4 is 10.1 Å². The van der Waals surface area contributed by atoms with Crippen LogP contribution in [0.4, 0.5) is 4.39 Å². The number of aryl methyl sites for hydroxylation is 1. The number of nitrogens with zero attached hydrogens (tertiary/aromatic N) is 1. The van der Waals surface area contributed by atoms with Gasteiger partial charge in [-0.2, -0.15) is 0 Å². The molecule has 0 saturated carbocycles. The standard InChI is InChI=1S/C20H23FN2O2.ClH/c1-14-5-3-8-18(11-14)25-15(2)20(24)23-10-9-22-13-19(23)16-6-4-7-17(21)12-16;/h3-8,11-12,15,19,22H,9-10,13H2,1-2H3;1H. The van der Waals surface area contributed by atoms with Gasteiger partial charge in [-0.3, -0.25) is 4.79 Å². The fourth-order valence-electron chi connectivity index (χ4n) is 3.16. The molecule has 1 heterocycles. The second kappa shape index (κ2) is 9.01. The minimum Gasteiger partial charge on any atom is -0.481 e. The van der Waals surface area contributed by atoms with Crippen LogP contribution in [0.2, 0.25) is 0 Å². The largest absolute Gasteiger partial charge is 0.481 e. The molecule has 4 nitrogen and oxygen atoms in total. The van der Waals surface area contributed by atoms with Crippen molar-refractivity contribution in [1.82, 2.24) is 10.2 Å². The summed E-state index contributed by atoms with van der Waals surface area (Å²) in [5.74, 6) is 0.301. The zero-order chi connectivity index (χ0) is 17.8. The van der Waals surface area contributed by atoms with Crippen molar-refractivity contribution in [2.75, 3.05) is 19.6 Å². The van der Waals surface area contributed by atoms with Crippen molar-refractivity contribution in [3.05, 3.63) is 65.5 Å². The second-order valence-electron chi connectivity index (χ2n) is 6.38. The third-order valence-corrected chi connectivity index (χ3v) is 4.41. The van der Waals surface area contributed by atoms with Crippen LogP contribution in [0.3, 0.4) is 0 Å². The van der Waals surface area contributed by atoms with E-state index in [1.807, 2.05) is 37.3 Å². The van der Waals surface area contributed by atoms with Crippen molar-refractivity contribution in [1.29, 1.82) is 0 Å². The van der Waals surface area contributed by atoms with Gasteiger partial charge in [-0.25, -0.2) is 4.39 Å². The topological polar surface area (TPSA) is 41.6 Å². The molecule has 1 aliphatic rings. The molecule has 6 heteroatoms. The minimum atomic E-state index is -0.601. The molecule has 2 aromatic rings. The summed E-state index contributed by atoms with van der Waals surface area (Å²) in [4.78, 5) is 14.7. The number of piperazine rings is 1. The maximum absolute atomic E-state index is 13.6. The highest BCUT2D eigenvalue weighted by atomic mass is 35.5. The molecule has 0 radical (unpaired) electrons. The van der Waals surface area contributed by atoms with Crippen LogP contribution in [0.25, 0.3) is 0 Å². The molecule has 1 N–H and O–H groups in total. The first kappa shape index (κ1) is 20.2. The Morgan fingerprint density at radius 1 is 1.27 bits per heavy atom. The number of hydrogen-bond acceptors (Lipinski definition) is 3. The average molecular weight is 379 g/mol. The average Bonchev–Trinajstić information content (AvgIpc) is 2.61. The van der Waals surface area contributed by atoms with Crippen molar-refractivity contribution >= 4 is 18.3 Å². The molecule has 0 aliphatic carbocycles. The Morgan fingerprint density at radius 2 is 2.04 bits per heavy atom. The van der Waals surface area contributed by atoms with E-state index < -0.39 is 6.10 Å². The summed E-state index contributed by atoms with van der Waals surface area (Å²) in [5.41, 5.74) is 1.88. The lowest BCUT2D eigenvalue weighted by molar-refractivity contribution is -0.141. The van der Waals surface area contributed by atoms with Gasteiger partial charge in [0.05, 0.1) is 6.04 Å². The van der Waals surface area contributed by atoms with Gasteiger partial charge in [-0.05, 0) is 49.2 Å². The van der Waals surface area contributed by atoms with E-state index in [2.05, 4.69) is 5.32 Å². The number of carbonyl (C=O) groups is 1. The van der Waals surface area contributed by atoms with E-state index in [1.165, 1.54) is 12.1 Å². The Hall–Kier alpha value is -2.11. The quantitative estimate of drug-likeness (QED) is 0.885. The molecule has 1 aliphatic heterocycles. The minimum absolute atomic E-state index is 0. The predicted molar refractivity (Wildman–Crippen MR) is 102 cm³/mol. The number of amides is 1. The summed E-state index contributed by atoms with van der Waals surface area (Å²) in [6.07, 6.45) is -0.601. The SMILES string of the molecule is Cc1cccc(OC(C)C(=O)N2CCNCC2c2cccc(F)c2)c1.Cl. The number of ether oxygens (including phenoxy) is 1. The van der Waals surface area contributed by atoms with Crippen LogP contribution in [-0.2, 0) is 4.79 Å². The first-order valence-electron chi connectivity index (χ1n) is 8.54. The van der Waals surface area contributed by atoms with E-state index in [9.17, 15) is 9.18 Å². The molecule has 0 spiro atoms. The van der Waals surface area contributed by atoms with Gasteiger partial charge in [-0.15, -0.1) is 12.4 Å². The first-order valence-corrected chi connectivity index (χ1v) is 8.54. The molecule has 2 unspecified atom stereocenters. The van der Waals surface area contributed by atoms with Crippen LogP contribution in [0, 0.1) is 12.7 Å². The fourth-order valence-corrected chi connectivity index (χ4v) is 3.16. The van der Waals surface area contributed by atoms with E-state index in [4.69, 9.17) is 4.74 Å². The van der Waals surface area contributed by atoms with Crippen molar-refractivity contribution in [3.63, 3.8) is 0 Å². The number of rotatable bonds is 4. The van der Waals surface area contributed by atoms with Crippen molar-refractivity contribution in [2.45, 2.75) is 26.0 Å². The van der Waals surface area contributed by atoms with Gasteiger partial charge in [0, 0.05) is 19.6 Å². The van der Waals surface area contributed by atoms with Crippen molar-refractivity contribution in [3.8, 4) is 5.75 Å². The molecule has 0 bridgehead atoms. The highest BCUT2D eigenvalue weighted by Crippen LogP contribution is 2.24. The highest BCUT2D eigenvalue weighted by Gasteiger charge is 2.31. The van der Waals surface area contributed by atoms with Crippen molar-refractivity contribution < 1.29 is 13.9 Å². The van der Waals surface area contributed by atoms with Crippen molar-refractivity contribution in [2.24, 2.45) is 0 Å². The number of hydrogen-bond donors (Lipinski definition) is 1. The normalized spacial score (nSPS) is 18.0. The number of nitrogens with one attached hydrogen (secondary N) is 1. The lowest BCUT2D eigenvalue weighted by atomic mass is 10.0. The first-order chi connectivity index (χ1) is 12.0. The molecule has 140 valence electrons. The van der Waals surface area contributed by atoms with Crippen LogP contribution in [-0.4, -0.2) is 36.5 Å². The Morgan fingerprint density at radius 3 is 2.77 bits per heavy atom. The highest BCUT2D eigenvalue weighted by molar-refractivity contribution is 5.85. The zero-order valence-corrected chi connectivity index (χ0v) is 15.8. The Balaban J connectivity index is 0.00000243. The van der Waals surface area contributed by atoms with Gasteiger partial charge in [0.15, 0.2) is 6.10 Å². The van der Waals surface area contributed by atoms with Gasteiger partial charge in [0.25, 0.3) is 5.91 Å². The van der Waals surface area contributed by atoms with Crippen LogP contribution in [0.1, 0.15) is 24.1 Å². The molecule has 2 atom stereocenters. The zero-order valence-electron chi connectivity index (χ0n) is 14.9. The maximum Gasteiger partial charge on any atom is 0.263 e. The summed E-state index contributed by atoms with van der Waals surface area (Å²) in [5, 5.41) is 3.28. The lowest BCUT2D eigenvalue weighted by Crippen LogP contribution is -2.52. The molecule has 3 rings (SSSR count). The van der Waals surface area contributed by atoms with Crippen LogP contribution >= 0.6 is 12.4 Å². The Bertz CT molecular complexity index is 756. The number of carbonyl (C=O) groups excluding carboxylic acids is 1. The molecule has 26 heavy (non-hydrogen) atoms. The van der Waals surface area contributed by atoms with Gasteiger partial charge < -0.3 is 15.0 Å². The van der Waals surface area contributed by atoms with Crippen LogP contribution in [0.15, 0.2) is 48.5 Å². The van der Waals surface area contributed by atoms with Gasteiger partial charge in [0.1, 0.15) is 11.6 Å². The third-order valence-electron chi connectivity index (χ3n) is 4.41. The molecule has 2 aromatic carbocycles. The Labute approximate surface area is 159 Å². The van der Waals surface area contributed by atoms with E-state index in [-0.39, 0.29) is 30.2 Å². The van der Waals surface area contributed by atoms with E-state index in [0.29, 0.717) is 25.4 Å². The van der Waals surface area contributed by atoms with Gasteiger partial charge >= 0.3 is 0 Å². The van der Waals surface area contributed by atoms with E-state index >= 15 is 0 Å². The monoisotopic (exact) mass is 378 g/mol. The summed E-state index contributed by atoms with van der Waals surface area (Å²) in [6.45, 7) is 5.63. The smallest absolute Gasteiger partial charge is 0.263 e. The molecule has 1 saturated heterocycles. The van der Waals surface area contributed by atoms with Gasteiger partial charge in [-0.1, -0.05) is 24.3 Å². The van der Waals surface area contributed by atoms with Gasteiger partial charge in [0.2, 0.25) is 0 Å². The molecule has 1 fully saturated rings. The number of halogens is 2. The molecular weight excluding hydrogens is 355 g/mol. The third kappa shape index (κ3) is 4.74. The summed E-state index contributed by atoms with van der Waals surface area (Å²) < 4.78 is 19.4. The second-order valence-corrected chi connectivity index (χ2v) is 6.38. The summed E-state index contributed by atoms with van der Waals surface area (Å²) in [7, 11) is 0. The van der Waals surface area contributed by atoms with E-state index in [0.717, 1.165) is 11.1 Å². The fraction of sp³-hybridized carbons (Fsp3) is 0.350. The molecule has 1 amide bonds. The Kier molecular flexibility index (Phi) is 7.00. The van der Waals surface area contributed by atoms with Crippen LogP contribution in [0.5, 0.6) is 5.75 Å². The number of benzene rings is 2. The lowest BCUT2D eigenvalue weighted by Gasteiger charge is -2.38. The maximum atomic E-state index is 13.6. The predicted octanol–water partition coefficient (Wildman–Crippen LogP) is 3.50. The summed E-state index contributed by atoms with van der Waals surface area (Å²) >= 11 is 0. The van der Waals surface area contributed by atoms with E-state index in [1.54, 1.807) is 17.9 Å². The molecular formula is C20H24ClFN2O2.